The summed E-state index contributed by atoms with van der Waals surface area (Å²) in [6.07, 6.45) is -0.855. The molecule has 1 heterocycles. The summed E-state index contributed by atoms with van der Waals surface area (Å²) in [7, 11) is 0. The summed E-state index contributed by atoms with van der Waals surface area (Å²) in [5.41, 5.74) is 5.78. The zero-order valence-electron chi connectivity index (χ0n) is 6.21. The molecule has 0 saturated carbocycles. The Kier molecular flexibility index (Phi) is 2.75. The van der Waals surface area contributed by atoms with E-state index in [1.165, 1.54) is 10.8 Å². The predicted molar refractivity (Wildman–Crippen MR) is 46.3 cm³/mol. The van der Waals surface area contributed by atoms with Crippen molar-refractivity contribution < 1.29 is 8.78 Å². The van der Waals surface area contributed by atoms with Gasteiger partial charge in [0, 0.05) is 6.20 Å². The van der Waals surface area contributed by atoms with E-state index in [0.717, 1.165) is 0 Å². The van der Waals surface area contributed by atoms with Gasteiger partial charge in [-0.15, -0.1) is 0 Å². The third-order valence-corrected chi connectivity index (χ3v) is 1.63. The first-order valence-electron chi connectivity index (χ1n) is 3.34. The van der Waals surface area contributed by atoms with Crippen LogP contribution in [-0.2, 0) is 6.54 Å². The molecule has 0 aliphatic rings. The molecule has 1 rings (SSSR count). The van der Waals surface area contributed by atoms with Crippen molar-refractivity contribution in [3.8, 4) is 0 Å². The lowest BCUT2D eigenvalue weighted by Gasteiger charge is -2.06. The SMILES string of the molecule is NC(=S)c1cccn1CC(F)F. The lowest BCUT2D eigenvalue weighted by Crippen LogP contribution is -2.17. The van der Waals surface area contributed by atoms with E-state index in [9.17, 15) is 8.78 Å². The van der Waals surface area contributed by atoms with Crippen molar-refractivity contribution in [2.75, 3.05) is 0 Å². The summed E-state index contributed by atoms with van der Waals surface area (Å²) >= 11 is 4.67. The molecule has 1 aromatic heterocycles. The van der Waals surface area contributed by atoms with Crippen molar-refractivity contribution in [2.24, 2.45) is 5.73 Å². The highest BCUT2D eigenvalue weighted by atomic mass is 32.1. The second-order valence-corrected chi connectivity index (χ2v) is 2.74. The van der Waals surface area contributed by atoms with E-state index in [1.807, 2.05) is 0 Å². The maximum Gasteiger partial charge on any atom is 0.256 e. The molecule has 0 aliphatic heterocycles. The molecule has 0 unspecified atom stereocenters. The second kappa shape index (κ2) is 3.62. The van der Waals surface area contributed by atoms with Crippen LogP contribution in [0.1, 0.15) is 5.69 Å². The Morgan fingerprint density at radius 3 is 2.83 bits per heavy atom. The van der Waals surface area contributed by atoms with Gasteiger partial charge in [-0.2, -0.15) is 0 Å². The standard InChI is InChI=1S/C7H8F2N2S/c8-6(9)4-11-3-1-2-5(11)7(10)12/h1-3,6H,4H2,(H2,10,12). The number of halogens is 2. The maximum atomic E-state index is 11.9. The largest absolute Gasteiger partial charge is 0.388 e. The number of hydrogen-bond acceptors (Lipinski definition) is 1. The van der Waals surface area contributed by atoms with E-state index in [1.54, 1.807) is 12.1 Å². The summed E-state index contributed by atoms with van der Waals surface area (Å²) in [6.45, 7) is -0.361. The molecule has 66 valence electrons. The van der Waals surface area contributed by atoms with Gasteiger partial charge in [0.2, 0.25) is 0 Å². The highest BCUT2D eigenvalue weighted by molar-refractivity contribution is 7.80. The van der Waals surface area contributed by atoms with Gasteiger partial charge in [-0.05, 0) is 12.1 Å². The minimum atomic E-state index is -2.38. The average Bonchev–Trinajstić information content (AvgIpc) is 2.33. The topological polar surface area (TPSA) is 30.9 Å². The van der Waals surface area contributed by atoms with Crippen LogP contribution in [0.15, 0.2) is 18.3 Å². The molecule has 0 saturated heterocycles. The van der Waals surface area contributed by atoms with Crippen LogP contribution in [0.2, 0.25) is 0 Å². The zero-order chi connectivity index (χ0) is 9.14. The van der Waals surface area contributed by atoms with Gasteiger partial charge in [0.1, 0.15) is 4.99 Å². The van der Waals surface area contributed by atoms with Crippen molar-refractivity contribution in [3.63, 3.8) is 0 Å². The molecule has 0 spiro atoms. The summed E-state index contributed by atoms with van der Waals surface area (Å²) < 4.78 is 25.2. The van der Waals surface area contributed by atoms with Crippen LogP contribution in [0, 0.1) is 0 Å². The summed E-state index contributed by atoms with van der Waals surface area (Å²) in [5.74, 6) is 0. The summed E-state index contributed by atoms with van der Waals surface area (Å²) in [5, 5.41) is 0. The fourth-order valence-corrected chi connectivity index (χ4v) is 1.13. The average molecular weight is 190 g/mol. The van der Waals surface area contributed by atoms with E-state index in [-0.39, 0.29) is 11.5 Å². The minimum Gasteiger partial charge on any atom is -0.388 e. The highest BCUT2D eigenvalue weighted by Gasteiger charge is 2.08. The Morgan fingerprint density at radius 1 is 1.67 bits per heavy atom. The first-order chi connectivity index (χ1) is 5.61. The van der Waals surface area contributed by atoms with Gasteiger partial charge in [-0.3, -0.25) is 0 Å². The lowest BCUT2D eigenvalue weighted by atomic mass is 10.4. The molecule has 0 radical (unpaired) electrons. The van der Waals surface area contributed by atoms with E-state index in [0.29, 0.717) is 5.69 Å². The Bertz CT molecular complexity index is 283. The molecular formula is C7H8F2N2S. The van der Waals surface area contributed by atoms with Crippen molar-refractivity contribution >= 4 is 17.2 Å². The van der Waals surface area contributed by atoms with E-state index in [2.05, 4.69) is 12.2 Å². The fraction of sp³-hybridized carbons (Fsp3) is 0.286. The first kappa shape index (κ1) is 9.12. The molecule has 1 aromatic rings. The number of nitrogens with two attached hydrogens (primary N) is 1. The van der Waals surface area contributed by atoms with Gasteiger partial charge in [0.25, 0.3) is 6.43 Å². The molecule has 0 bridgehead atoms. The van der Waals surface area contributed by atoms with Gasteiger partial charge in [-0.1, -0.05) is 12.2 Å². The van der Waals surface area contributed by atoms with Crippen LogP contribution >= 0.6 is 12.2 Å². The molecule has 0 atom stereocenters. The van der Waals surface area contributed by atoms with Crippen LogP contribution in [-0.4, -0.2) is 16.0 Å². The van der Waals surface area contributed by atoms with Gasteiger partial charge in [0.05, 0.1) is 12.2 Å². The Labute approximate surface area is 74.0 Å². The second-order valence-electron chi connectivity index (χ2n) is 2.30. The number of thiocarbonyl (C=S) groups is 1. The van der Waals surface area contributed by atoms with Crippen molar-refractivity contribution in [2.45, 2.75) is 13.0 Å². The highest BCUT2D eigenvalue weighted by Crippen LogP contribution is 2.05. The molecule has 0 aromatic carbocycles. The van der Waals surface area contributed by atoms with Crippen LogP contribution in [0.4, 0.5) is 8.78 Å². The van der Waals surface area contributed by atoms with Crippen LogP contribution in [0.5, 0.6) is 0 Å². The van der Waals surface area contributed by atoms with E-state index in [4.69, 9.17) is 5.73 Å². The van der Waals surface area contributed by atoms with E-state index < -0.39 is 6.43 Å². The van der Waals surface area contributed by atoms with Crippen LogP contribution < -0.4 is 5.73 Å². The molecule has 2 nitrogen and oxygen atoms in total. The number of alkyl halides is 2. The third kappa shape index (κ3) is 2.01. The van der Waals surface area contributed by atoms with Gasteiger partial charge < -0.3 is 10.3 Å². The van der Waals surface area contributed by atoms with Crippen LogP contribution in [0.3, 0.4) is 0 Å². The number of nitrogens with zero attached hydrogens (tertiary/aromatic N) is 1. The third-order valence-electron chi connectivity index (χ3n) is 1.42. The molecule has 5 heteroatoms. The van der Waals surface area contributed by atoms with Gasteiger partial charge in [-0.25, -0.2) is 8.78 Å². The fourth-order valence-electron chi connectivity index (χ4n) is 0.946. The molecule has 2 N–H and O–H groups in total. The molecular weight excluding hydrogens is 182 g/mol. The minimum absolute atomic E-state index is 0.139. The summed E-state index contributed by atoms with van der Waals surface area (Å²) in [4.78, 5) is 0.139. The van der Waals surface area contributed by atoms with Crippen molar-refractivity contribution in [1.29, 1.82) is 0 Å². The Balaban J connectivity index is 2.84. The monoisotopic (exact) mass is 190 g/mol. The lowest BCUT2D eigenvalue weighted by molar-refractivity contribution is 0.126. The summed E-state index contributed by atoms with van der Waals surface area (Å²) in [6, 6.07) is 3.25. The molecule has 0 amide bonds. The van der Waals surface area contributed by atoms with Crippen molar-refractivity contribution in [3.05, 3.63) is 24.0 Å². The smallest absolute Gasteiger partial charge is 0.256 e. The normalized spacial score (nSPS) is 10.6. The molecule has 0 fully saturated rings. The van der Waals surface area contributed by atoms with Crippen molar-refractivity contribution in [1.82, 2.24) is 4.57 Å². The maximum absolute atomic E-state index is 11.9. The molecule has 0 aliphatic carbocycles. The first-order valence-corrected chi connectivity index (χ1v) is 3.75. The number of hydrogen-bond donors (Lipinski definition) is 1. The zero-order valence-corrected chi connectivity index (χ0v) is 7.02. The van der Waals surface area contributed by atoms with Crippen LogP contribution in [0.25, 0.3) is 0 Å². The van der Waals surface area contributed by atoms with E-state index >= 15 is 0 Å². The van der Waals surface area contributed by atoms with Gasteiger partial charge in [0.15, 0.2) is 0 Å². The molecule has 12 heavy (non-hydrogen) atoms. The number of aromatic nitrogens is 1. The van der Waals surface area contributed by atoms with Gasteiger partial charge >= 0.3 is 0 Å². The quantitative estimate of drug-likeness (QED) is 0.730. The Hall–Kier alpha value is -0.970. The number of rotatable bonds is 3. The predicted octanol–water partition coefficient (Wildman–Crippen LogP) is 1.39. The Morgan fingerprint density at radius 2 is 2.33 bits per heavy atom.